The Morgan fingerprint density at radius 2 is 1.96 bits per heavy atom. The number of halogens is 2. The Hall–Kier alpha value is -2.62. The van der Waals surface area contributed by atoms with E-state index in [1.54, 1.807) is 41.3 Å². The monoisotopic (exact) mass is 429 g/mol. The van der Waals surface area contributed by atoms with Gasteiger partial charge in [0.25, 0.3) is 11.8 Å². The maximum atomic E-state index is 12.8. The summed E-state index contributed by atoms with van der Waals surface area (Å²) < 4.78 is 0.759. The first-order valence-corrected chi connectivity index (χ1v) is 8.96. The molecule has 1 aliphatic rings. The van der Waals surface area contributed by atoms with Crippen LogP contribution in [-0.4, -0.2) is 18.4 Å². The minimum Gasteiger partial charge on any atom is -0.321 e. The molecule has 1 N–H and O–H groups in total. The Morgan fingerprint density at radius 3 is 2.58 bits per heavy atom. The molecule has 0 saturated heterocycles. The Labute approximate surface area is 164 Å². The second-order valence-electron chi connectivity index (χ2n) is 5.53. The number of nitrogens with one attached hydrogen (secondary N) is 1. The van der Waals surface area contributed by atoms with Gasteiger partial charge in [0.05, 0.1) is 11.3 Å². The molecule has 2 aromatic carbocycles. The molecule has 0 saturated carbocycles. The zero-order valence-electron chi connectivity index (χ0n) is 13.7. The molecule has 3 rings (SSSR count). The Balaban J connectivity index is 2.07. The highest BCUT2D eigenvalue weighted by Crippen LogP contribution is 2.40. The maximum absolute atomic E-state index is 12.8. The molecular formula is C19H13BrClN3O2. The van der Waals surface area contributed by atoms with Gasteiger partial charge >= 0.3 is 0 Å². The van der Waals surface area contributed by atoms with Crippen molar-refractivity contribution in [3.05, 3.63) is 63.1 Å². The van der Waals surface area contributed by atoms with Gasteiger partial charge in [-0.1, -0.05) is 27.5 Å². The van der Waals surface area contributed by atoms with Crippen LogP contribution in [0.2, 0.25) is 5.02 Å². The fourth-order valence-electron chi connectivity index (χ4n) is 2.81. The molecule has 0 aliphatic carbocycles. The van der Waals surface area contributed by atoms with Gasteiger partial charge in [-0.2, -0.15) is 5.26 Å². The number of nitriles is 1. The highest BCUT2D eigenvalue weighted by atomic mass is 79.9. The molecule has 0 unspecified atom stereocenters. The first-order valence-electron chi connectivity index (χ1n) is 7.79. The average molecular weight is 431 g/mol. The quantitative estimate of drug-likeness (QED) is 0.580. The van der Waals surface area contributed by atoms with Gasteiger partial charge < -0.3 is 10.2 Å². The van der Waals surface area contributed by atoms with Crippen LogP contribution in [0.3, 0.4) is 0 Å². The third-order valence-electron chi connectivity index (χ3n) is 3.98. The Bertz CT molecular complexity index is 977. The Morgan fingerprint density at radius 1 is 1.27 bits per heavy atom. The fraction of sp³-hybridized carbons (Fsp3) is 0.105. The molecule has 1 aliphatic heterocycles. The van der Waals surface area contributed by atoms with Crippen molar-refractivity contribution in [2.45, 2.75) is 6.92 Å². The molecule has 0 bridgehead atoms. The van der Waals surface area contributed by atoms with Gasteiger partial charge in [-0.25, -0.2) is 0 Å². The summed E-state index contributed by atoms with van der Waals surface area (Å²) in [6.45, 7) is 2.28. The van der Waals surface area contributed by atoms with Crippen LogP contribution in [-0.2, 0) is 9.59 Å². The Kier molecular flexibility index (Phi) is 5.12. The van der Waals surface area contributed by atoms with Crippen LogP contribution < -0.4 is 10.2 Å². The first-order chi connectivity index (χ1) is 12.5. The van der Waals surface area contributed by atoms with Crippen LogP contribution in [0.1, 0.15) is 12.5 Å². The number of hydrogen-bond acceptors (Lipinski definition) is 3. The van der Waals surface area contributed by atoms with Gasteiger partial charge in [-0.15, -0.1) is 0 Å². The third kappa shape index (κ3) is 3.24. The molecule has 0 aromatic heterocycles. The maximum Gasteiger partial charge on any atom is 0.267 e. The predicted octanol–water partition coefficient (Wildman–Crippen LogP) is 4.38. The number of hydrogen-bond donors (Lipinski definition) is 1. The molecule has 2 amide bonds. The number of carbonyl (C=O) groups is 2. The topological polar surface area (TPSA) is 73.2 Å². The smallest absolute Gasteiger partial charge is 0.267 e. The number of amides is 2. The number of nitrogens with zero attached hydrogens (tertiary/aromatic N) is 2. The van der Waals surface area contributed by atoms with Crippen molar-refractivity contribution < 1.29 is 9.59 Å². The summed E-state index contributed by atoms with van der Waals surface area (Å²) in [6.07, 6.45) is 0. The number of rotatable bonds is 3. The molecule has 0 spiro atoms. The zero-order chi connectivity index (χ0) is 18.8. The van der Waals surface area contributed by atoms with E-state index in [1.165, 1.54) is 0 Å². The lowest BCUT2D eigenvalue weighted by Crippen LogP contribution is -2.27. The summed E-state index contributed by atoms with van der Waals surface area (Å²) in [5.74, 6) is -0.995. The van der Waals surface area contributed by atoms with Crippen LogP contribution in [0.25, 0.3) is 5.57 Å². The van der Waals surface area contributed by atoms with E-state index in [-0.39, 0.29) is 17.1 Å². The molecule has 26 heavy (non-hydrogen) atoms. The molecule has 0 fully saturated rings. The van der Waals surface area contributed by atoms with Crippen molar-refractivity contribution in [3.63, 3.8) is 0 Å². The van der Waals surface area contributed by atoms with Crippen molar-refractivity contribution in [3.8, 4) is 6.07 Å². The lowest BCUT2D eigenvalue weighted by atomic mass is 10.0. The van der Waals surface area contributed by atoms with E-state index in [9.17, 15) is 14.9 Å². The number of benzene rings is 2. The van der Waals surface area contributed by atoms with Crippen LogP contribution in [0.15, 0.2) is 52.5 Å². The van der Waals surface area contributed by atoms with E-state index in [0.717, 1.165) is 4.47 Å². The van der Waals surface area contributed by atoms with Gasteiger partial charge in [0, 0.05) is 27.3 Å². The summed E-state index contributed by atoms with van der Waals surface area (Å²) in [5, 5.41) is 12.7. The number of likely N-dealkylation sites (N-methyl/N-ethyl adjacent to an activating group) is 1. The zero-order valence-corrected chi connectivity index (χ0v) is 16.1. The summed E-state index contributed by atoms with van der Waals surface area (Å²) in [4.78, 5) is 27.0. The molecule has 5 nitrogen and oxygen atoms in total. The standard InChI is InChI=1S/C19H13BrClN3O2/c1-2-24-16-8-3-11(20)9-14(16)17(19(24)26)15(10-22)18(25)23-13-6-4-12(21)5-7-13/h3-9H,2H2,1H3,(H,23,25)/b17-15+. The van der Waals surface area contributed by atoms with E-state index in [4.69, 9.17) is 11.6 Å². The van der Waals surface area contributed by atoms with E-state index in [1.807, 2.05) is 19.1 Å². The SMILES string of the molecule is CCN1C(=O)/C(=C(\C#N)C(=O)Nc2ccc(Cl)cc2)c2cc(Br)ccc21. The lowest BCUT2D eigenvalue weighted by Gasteiger charge is -2.13. The van der Waals surface area contributed by atoms with E-state index < -0.39 is 5.91 Å². The van der Waals surface area contributed by atoms with Gasteiger partial charge in [0.15, 0.2) is 0 Å². The molecule has 2 aromatic rings. The highest BCUT2D eigenvalue weighted by Gasteiger charge is 2.35. The van der Waals surface area contributed by atoms with Crippen LogP contribution in [0, 0.1) is 11.3 Å². The fourth-order valence-corrected chi connectivity index (χ4v) is 3.29. The molecule has 7 heteroatoms. The first kappa shape index (κ1) is 18.2. The summed E-state index contributed by atoms with van der Waals surface area (Å²) in [6, 6.07) is 13.7. The van der Waals surface area contributed by atoms with Crippen molar-refractivity contribution in [2.24, 2.45) is 0 Å². The van der Waals surface area contributed by atoms with Crippen LogP contribution >= 0.6 is 27.5 Å². The predicted molar refractivity (Wildman–Crippen MR) is 105 cm³/mol. The van der Waals surface area contributed by atoms with Crippen molar-refractivity contribution in [2.75, 3.05) is 16.8 Å². The van der Waals surface area contributed by atoms with Crippen molar-refractivity contribution >= 4 is 56.3 Å². The average Bonchev–Trinajstić information content (AvgIpc) is 2.89. The van der Waals surface area contributed by atoms with Gasteiger partial charge in [0.2, 0.25) is 0 Å². The van der Waals surface area contributed by atoms with Gasteiger partial charge in [0.1, 0.15) is 11.6 Å². The van der Waals surface area contributed by atoms with Gasteiger partial charge in [-0.3, -0.25) is 9.59 Å². The highest BCUT2D eigenvalue weighted by molar-refractivity contribution is 9.10. The molecule has 0 radical (unpaired) electrons. The number of anilines is 2. The van der Waals surface area contributed by atoms with Crippen LogP contribution in [0.4, 0.5) is 11.4 Å². The van der Waals surface area contributed by atoms with Crippen LogP contribution in [0.5, 0.6) is 0 Å². The van der Waals surface area contributed by atoms with E-state index >= 15 is 0 Å². The van der Waals surface area contributed by atoms with Gasteiger partial charge in [-0.05, 0) is 49.4 Å². The van der Waals surface area contributed by atoms with Crippen molar-refractivity contribution in [1.29, 1.82) is 5.26 Å². The number of fused-ring (bicyclic) bond motifs is 1. The second-order valence-corrected chi connectivity index (χ2v) is 6.89. The molecule has 130 valence electrons. The molecule has 1 heterocycles. The molecule has 0 atom stereocenters. The normalized spacial score (nSPS) is 14.7. The van der Waals surface area contributed by atoms with Crippen molar-refractivity contribution in [1.82, 2.24) is 0 Å². The minimum absolute atomic E-state index is 0.108. The molecular weight excluding hydrogens is 418 g/mol. The summed E-state index contributed by atoms with van der Waals surface area (Å²) in [7, 11) is 0. The van der Waals surface area contributed by atoms with E-state index in [2.05, 4.69) is 21.2 Å². The third-order valence-corrected chi connectivity index (χ3v) is 4.73. The summed E-state index contributed by atoms with van der Waals surface area (Å²) >= 11 is 9.21. The minimum atomic E-state index is -0.637. The second kappa shape index (κ2) is 7.32. The number of carbonyl (C=O) groups excluding carboxylic acids is 2. The summed E-state index contributed by atoms with van der Waals surface area (Å²) in [5.41, 5.74) is 1.62. The lowest BCUT2D eigenvalue weighted by molar-refractivity contribution is -0.114. The van der Waals surface area contributed by atoms with E-state index in [0.29, 0.717) is 28.5 Å². The largest absolute Gasteiger partial charge is 0.321 e.